The Hall–Kier alpha value is -2.71. The van der Waals surface area contributed by atoms with Gasteiger partial charge in [-0.1, -0.05) is 37.6 Å². The second-order valence-electron chi connectivity index (χ2n) is 9.85. The number of allylic oxidation sites excluding steroid dienone is 3. The summed E-state index contributed by atoms with van der Waals surface area (Å²) in [7, 11) is 0. The van der Waals surface area contributed by atoms with Gasteiger partial charge in [0.1, 0.15) is 0 Å². The van der Waals surface area contributed by atoms with Crippen molar-refractivity contribution in [1.29, 1.82) is 0 Å². The zero-order valence-corrected chi connectivity index (χ0v) is 21.8. The number of halogens is 4. The van der Waals surface area contributed by atoms with Crippen LogP contribution in [-0.4, -0.2) is 17.9 Å². The fourth-order valence-corrected chi connectivity index (χ4v) is 5.43. The van der Waals surface area contributed by atoms with Crippen LogP contribution in [0, 0.1) is 5.41 Å². The van der Waals surface area contributed by atoms with Gasteiger partial charge in [-0.3, -0.25) is 9.59 Å². The van der Waals surface area contributed by atoms with E-state index in [1.54, 1.807) is 18.7 Å². The molecule has 0 saturated carbocycles. The summed E-state index contributed by atoms with van der Waals surface area (Å²) >= 11 is 7.71. The quantitative estimate of drug-likeness (QED) is 0.403. The molecule has 0 saturated heterocycles. The van der Waals surface area contributed by atoms with Gasteiger partial charge in [-0.25, -0.2) is 0 Å². The van der Waals surface area contributed by atoms with Crippen LogP contribution in [0.1, 0.15) is 50.7 Å². The first-order valence-corrected chi connectivity index (χ1v) is 13.0. The van der Waals surface area contributed by atoms with E-state index >= 15 is 0 Å². The smallest absolute Gasteiger partial charge is 0.362 e. The Morgan fingerprint density at radius 3 is 2.42 bits per heavy atom. The van der Waals surface area contributed by atoms with E-state index in [0.717, 1.165) is 34.4 Å². The molecule has 0 bridgehead atoms. The van der Waals surface area contributed by atoms with Gasteiger partial charge in [0.2, 0.25) is 0 Å². The third kappa shape index (κ3) is 5.20. The Balaban J connectivity index is 1.79. The summed E-state index contributed by atoms with van der Waals surface area (Å²) in [4.78, 5) is 28.0. The number of benzene rings is 2. The predicted octanol–water partition coefficient (Wildman–Crippen LogP) is 7.32. The Bertz CT molecular complexity index is 1300. The van der Waals surface area contributed by atoms with Gasteiger partial charge >= 0.3 is 6.18 Å². The van der Waals surface area contributed by atoms with E-state index in [1.807, 2.05) is 44.4 Å². The zero-order valence-electron chi connectivity index (χ0n) is 20.3. The molecule has 2 aromatic carbocycles. The lowest BCUT2D eigenvalue weighted by Crippen LogP contribution is -2.39. The largest absolute Gasteiger partial charge is 0.416 e. The molecule has 2 aromatic rings. The summed E-state index contributed by atoms with van der Waals surface area (Å²) in [6, 6.07) is 10.4. The molecule has 1 aliphatic heterocycles. The van der Waals surface area contributed by atoms with E-state index in [4.69, 9.17) is 11.6 Å². The maximum atomic E-state index is 13.6. The van der Waals surface area contributed by atoms with E-state index in [9.17, 15) is 22.8 Å². The minimum Gasteiger partial charge on any atom is -0.362 e. The summed E-state index contributed by atoms with van der Waals surface area (Å²) < 4.78 is 39.8. The number of dihydropyridines is 1. The van der Waals surface area contributed by atoms with Crippen LogP contribution in [-0.2, 0) is 15.8 Å². The highest BCUT2D eigenvalue weighted by Crippen LogP contribution is 2.47. The predicted molar refractivity (Wildman–Crippen MR) is 137 cm³/mol. The lowest BCUT2D eigenvalue weighted by Gasteiger charge is -2.39. The molecule has 4 rings (SSSR count). The van der Waals surface area contributed by atoms with Crippen molar-refractivity contribution in [2.24, 2.45) is 5.41 Å². The first-order chi connectivity index (χ1) is 16.8. The standard InChI is InChI=1S/C27H26ClF3N2O2S/c1-14-22(25(35)33-19-11-16(27(29,30)31)7-10-18(19)28)23(15-5-8-17(36-4)9-6-15)24-20(32-14)12-26(2,3)13-21(24)34/h5-11,23,32H,12-13H2,1-4H3,(H,33,35). The highest BCUT2D eigenvalue weighted by Gasteiger charge is 2.43. The van der Waals surface area contributed by atoms with Gasteiger partial charge in [0.25, 0.3) is 5.91 Å². The lowest BCUT2D eigenvalue weighted by molar-refractivity contribution is -0.137. The summed E-state index contributed by atoms with van der Waals surface area (Å²) in [5.41, 5.74) is 1.57. The van der Waals surface area contributed by atoms with Crippen molar-refractivity contribution in [3.63, 3.8) is 0 Å². The van der Waals surface area contributed by atoms with Gasteiger partial charge < -0.3 is 10.6 Å². The number of nitrogens with one attached hydrogen (secondary N) is 2. The Labute approximate surface area is 217 Å². The molecule has 1 atom stereocenters. The molecule has 190 valence electrons. The van der Waals surface area contributed by atoms with Gasteiger partial charge in [0.15, 0.2) is 5.78 Å². The van der Waals surface area contributed by atoms with Crippen LogP contribution < -0.4 is 10.6 Å². The summed E-state index contributed by atoms with van der Waals surface area (Å²) in [6.07, 6.45) is -1.66. The average Bonchev–Trinajstić information content (AvgIpc) is 2.78. The number of alkyl halides is 3. The number of carbonyl (C=O) groups is 2. The van der Waals surface area contributed by atoms with E-state index in [0.29, 0.717) is 24.1 Å². The number of hydrogen-bond acceptors (Lipinski definition) is 4. The maximum Gasteiger partial charge on any atom is 0.416 e. The van der Waals surface area contributed by atoms with Crippen molar-refractivity contribution in [3.8, 4) is 0 Å². The summed E-state index contributed by atoms with van der Waals surface area (Å²) in [5, 5.41) is 5.80. The molecule has 1 heterocycles. The van der Waals surface area contributed by atoms with Crippen molar-refractivity contribution in [1.82, 2.24) is 5.32 Å². The van der Waals surface area contributed by atoms with Crippen molar-refractivity contribution in [2.45, 2.75) is 50.6 Å². The van der Waals surface area contributed by atoms with Crippen LogP contribution >= 0.6 is 23.4 Å². The van der Waals surface area contributed by atoms with Crippen LogP contribution in [0.25, 0.3) is 0 Å². The minimum absolute atomic E-state index is 0.0188. The van der Waals surface area contributed by atoms with Crippen LogP contribution in [0.4, 0.5) is 18.9 Å². The average molecular weight is 535 g/mol. The molecule has 9 heteroatoms. The number of amides is 1. The van der Waals surface area contributed by atoms with Crippen LogP contribution in [0.2, 0.25) is 5.02 Å². The number of rotatable bonds is 4. The Morgan fingerprint density at radius 2 is 1.81 bits per heavy atom. The molecule has 0 radical (unpaired) electrons. The number of Topliss-reactive ketones (excluding diaryl/α,β-unsaturated/α-hetero) is 1. The summed E-state index contributed by atoms with van der Waals surface area (Å²) in [6.45, 7) is 5.78. The molecule has 36 heavy (non-hydrogen) atoms. The second-order valence-corrected chi connectivity index (χ2v) is 11.1. The number of thioether (sulfide) groups is 1. The maximum absolute atomic E-state index is 13.6. The van der Waals surface area contributed by atoms with Gasteiger partial charge in [-0.05, 0) is 60.9 Å². The summed E-state index contributed by atoms with van der Waals surface area (Å²) in [5.74, 6) is -1.34. The van der Waals surface area contributed by atoms with E-state index in [-0.39, 0.29) is 27.5 Å². The highest BCUT2D eigenvalue weighted by molar-refractivity contribution is 7.98. The van der Waals surface area contributed by atoms with Gasteiger partial charge in [0.05, 0.1) is 16.3 Å². The van der Waals surface area contributed by atoms with E-state index < -0.39 is 23.6 Å². The number of hydrogen-bond donors (Lipinski definition) is 2. The van der Waals surface area contributed by atoms with Crippen molar-refractivity contribution < 1.29 is 22.8 Å². The highest BCUT2D eigenvalue weighted by atomic mass is 35.5. The number of ketones is 1. The SMILES string of the molecule is CSc1ccc(C2C(C(=O)Nc3cc(C(F)(F)F)ccc3Cl)=C(C)NC3=C2C(=O)CC(C)(C)C3)cc1. The molecule has 2 N–H and O–H groups in total. The first-order valence-electron chi connectivity index (χ1n) is 11.4. The molecule has 1 aliphatic carbocycles. The van der Waals surface area contributed by atoms with E-state index in [2.05, 4.69) is 10.6 Å². The van der Waals surface area contributed by atoms with Crippen molar-refractivity contribution >= 4 is 40.7 Å². The monoisotopic (exact) mass is 534 g/mol. The fourth-order valence-electron chi connectivity index (χ4n) is 4.85. The lowest BCUT2D eigenvalue weighted by atomic mass is 9.68. The first kappa shape index (κ1) is 26.4. The third-order valence-corrected chi connectivity index (χ3v) is 7.55. The molecular formula is C27H26ClF3N2O2S. The molecule has 0 fully saturated rings. The van der Waals surface area contributed by atoms with Crippen molar-refractivity contribution in [2.75, 3.05) is 11.6 Å². The number of carbonyl (C=O) groups excluding carboxylic acids is 2. The molecule has 0 spiro atoms. The van der Waals surface area contributed by atoms with E-state index in [1.165, 1.54) is 0 Å². The molecule has 1 unspecified atom stereocenters. The minimum atomic E-state index is -4.59. The van der Waals surface area contributed by atoms with Crippen LogP contribution in [0.3, 0.4) is 0 Å². The van der Waals surface area contributed by atoms with Crippen molar-refractivity contribution in [3.05, 3.63) is 81.2 Å². The number of anilines is 1. The molecule has 4 nitrogen and oxygen atoms in total. The Kier molecular flexibility index (Phi) is 7.05. The van der Waals surface area contributed by atoms with Crippen LogP contribution in [0.15, 0.2) is 69.9 Å². The Morgan fingerprint density at radius 1 is 1.14 bits per heavy atom. The second kappa shape index (κ2) is 9.63. The molecule has 0 aromatic heterocycles. The van der Waals surface area contributed by atoms with Gasteiger partial charge in [-0.15, -0.1) is 11.8 Å². The molecule has 1 amide bonds. The normalized spacial score (nSPS) is 19.7. The van der Waals surface area contributed by atoms with Crippen LogP contribution in [0.5, 0.6) is 0 Å². The third-order valence-electron chi connectivity index (χ3n) is 6.48. The molecular weight excluding hydrogens is 509 g/mol. The van der Waals surface area contributed by atoms with Gasteiger partial charge in [-0.2, -0.15) is 13.2 Å². The molecule has 2 aliphatic rings. The zero-order chi connectivity index (χ0) is 26.4. The topological polar surface area (TPSA) is 58.2 Å². The van der Waals surface area contributed by atoms with Gasteiger partial charge in [0, 0.05) is 39.8 Å². The fraction of sp³-hybridized carbons (Fsp3) is 0.333.